The molecule has 0 aliphatic carbocycles. The monoisotopic (exact) mass is 489 g/mol. The van der Waals surface area contributed by atoms with Gasteiger partial charge < -0.3 is 14.4 Å². The van der Waals surface area contributed by atoms with E-state index in [-0.39, 0.29) is 11.4 Å². The topological polar surface area (TPSA) is 82.9 Å². The van der Waals surface area contributed by atoms with Crippen molar-refractivity contribution in [3.63, 3.8) is 0 Å². The Bertz CT molecular complexity index is 1310. The number of benzene rings is 3. The second-order valence-corrected chi connectivity index (χ2v) is 10.6. The van der Waals surface area contributed by atoms with Crippen LogP contribution in [0.4, 0.5) is 11.4 Å². The van der Waals surface area contributed by atoms with Gasteiger partial charge in [-0.25, -0.2) is 8.42 Å². The minimum Gasteiger partial charge on any atom is -0.370 e. The van der Waals surface area contributed by atoms with Crippen LogP contribution in [0.15, 0.2) is 83.8 Å². The summed E-state index contributed by atoms with van der Waals surface area (Å²) in [5.41, 5.74) is 2.54. The lowest BCUT2D eigenvalue weighted by Gasteiger charge is -2.39. The quantitative estimate of drug-likeness (QED) is 0.514. The summed E-state index contributed by atoms with van der Waals surface area (Å²) < 4.78 is 40.4. The Kier molecular flexibility index (Phi) is 6.48. The van der Waals surface area contributed by atoms with E-state index in [1.54, 1.807) is 42.5 Å². The van der Waals surface area contributed by atoms with Crippen LogP contribution in [0.25, 0.3) is 0 Å². The molecule has 0 bridgehead atoms. The molecule has 2 heterocycles. The van der Waals surface area contributed by atoms with Crippen molar-refractivity contribution in [3.05, 3.63) is 90.0 Å². The van der Waals surface area contributed by atoms with Gasteiger partial charge in [-0.15, -0.1) is 0 Å². The third-order valence-electron chi connectivity index (χ3n) is 6.57. The van der Waals surface area contributed by atoms with Crippen molar-refractivity contribution in [2.24, 2.45) is 0 Å². The normalized spacial score (nSPS) is 17.3. The maximum atomic E-state index is 13.7. The fourth-order valence-corrected chi connectivity index (χ4v) is 6.17. The highest BCUT2D eigenvalue weighted by molar-refractivity contribution is 7.92. The van der Waals surface area contributed by atoms with Crippen LogP contribution in [0.1, 0.15) is 24.0 Å². The zero-order valence-electron chi connectivity index (χ0n) is 19.3. The molecule has 2 aliphatic heterocycles. The lowest BCUT2D eigenvalue weighted by molar-refractivity contribution is -0.169. The molecule has 180 valence electrons. The zero-order valence-corrected chi connectivity index (χ0v) is 20.2. The molecule has 2 aliphatic rings. The first kappa shape index (κ1) is 23.4. The van der Waals surface area contributed by atoms with E-state index in [2.05, 4.69) is 11.0 Å². The fraction of sp³-hybridized carbons (Fsp3) is 0.296. The van der Waals surface area contributed by atoms with Gasteiger partial charge in [0, 0.05) is 25.9 Å². The molecule has 35 heavy (non-hydrogen) atoms. The standard InChI is InChI=1S/C27H27N3O4S/c28-20-23-19-24(11-12-26(23)29-15-13-27(14-16-29)33-17-18-34-27)30(21-22-7-3-1-4-8-22)35(31,32)25-9-5-2-6-10-25/h1-12,19H,13-18,21H2. The van der Waals surface area contributed by atoms with Crippen molar-refractivity contribution in [1.29, 1.82) is 5.26 Å². The summed E-state index contributed by atoms with van der Waals surface area (Å²) in [6.07, 6.45) is 1.45. The van der Waals surface area contributed by atoms with Crippen molar-refractivity contribution in [3.8, 4) is 6.07 Å². The smallest absolute Gasteiger partial charge is 0.264 e. The first-order valence-corrected chi connectivity index (χ1v) is 13.1. The molecule has 2 saturated heterocycles. The lowest BCUT2D eigenvalue weighted by atomic mass is 10.0. The lowest BCUT2D eigenvalue weighted by Crippen LogP contribution is -2.45. The molecule has 0 unspecified atom stereocenters. The zero-order chi connectivity index (χ0) is 24.3. The first-order chi connectivity index (χ1) is 17.0. The van der Waals surface area contributed by atoms with Crippen LogP contribution >= 0.6 is 0 Å². The van der Waals surface area contributed by atoms with E-state index in [1.165, 1.54) is 4.31 Å². The van der Waals surface area contributed by atoms with E-state index >= 15 is 0 Å². The molecule has 2 fully saturated rings. The molecule has 0 N–H and O–H groups in total. The van der Waals surface area contributed by atoms with Crippen molar-refractivity contribution in [2.45, 2.75) is 30.1 Å². The molecule has 0 atom stereocenters. The molecular weight excluding hydrogens is 462 g/mol. The Labute approximate surface area is 206 Å². The van der Waals surface area contributed by atoms with Gasteiger partial charge in [0.15, 0.2) is 5.79 Å². The summed E-state index contributed by atoms with van der Waals surface area (Å²) in [7, 11) is -3.85. The van der Waals surface area contributed by atoms with Gasteiger partial charge >= 0.3 is 0 Å². The fourth-order valence-electron chi connectivity index (χ4n) is 4.70. The van der Waals surface area contributed by atoms with Gasteiger partial charge in [0.2, 0.25) is 0 Å². The number of hydrogen-bond acceptors (Lipinski definition) is 6. The van der Waals surface area contributed by atoms with Crippen LogP contribution in [-0.2, 0) is 26.0 Å². The van der Waals surface area contributed by atoms with Gasteiger partial charge in [-0.05, 0) is 35.9 Å². The molecule has 8 heteroatoms. The van der Waals surface area contributed by atoms with Crippen LogP contribution in [0.5, 0.6) is 0 Å². The Balaban J connectivity index is 1.48. The molecule has 0 saturated carbocycles. The maximum absolute atomic E-state index is 13.7. The van der Waals surface area contributed by atoms with Gasteiger partial charge in [-0.2, -0.15) is 5.26 Å². The van der Waals surface area contributed by atoms with E-state index < -0.39 is 15.8 Å². The predicted octanol–water partition coefficient (Wildman–Crippen LogP) is 4.30. The second-order valence-electron chi connectivity index (χ2n) is 8.72. The van der Waals surface area contributed by atoms with Crippen LogP contribution in [0, 0.1) is 11.3 Å². The van der Waals surface area contributed by atoms with Crippen LogP contribution in [-0.4, -0.2) is 40.5 Å². The van der Waals surface area contributed by atoms with Gasteiger partial charge in [-0.3, -0.25) is 4.31 Å². The average molecular weight is 490 g/mol. The van der Waals surface area contributed by atoms with Gasteiger partial charge in [0.25, 0.3) is 10.0 Å². The van der Waals surface area contributed by atoms with Crippen molar-refractivity contribution in [2.75, 3.05) is 35.5 Å². The molecule has 1 spiro atoms. The SMILES string of the molecule is N#Cc1cc(N(Cc2ccccc2)S(=O)(=O)c2ccccc2)ccc1N1CCC2(CC1)OCCO2. The molecule has 0 aromatic heterocycles. The van der Waals surface area contributed by atoms with Gasteiger partial charge in [0.05, 0.1) is 41.6 Å². The number of ether oxygens (including phenoxy) is 2. The number of nitriles is 1. The summed E-state index contributed by atoms with van der Waals surface area (Å²) in [6.45, 7) is 2.79. The number of nitrogens with zero attached hydrogens (tertiary/aromatic N) is 3. The summed E-state index contributed by atoms with van der Waals surface area (Å²) in [4.78, 5) is 2.35. The summed E-state index contributed by atoms with van der Waals surface area (Å²) in [6, 6.07) is 25.4. The molecule has 0 radical (unpaired) electrons. The number of sulfonamides is 1. The molecule has 3 aromatic rings. The van der Waals surface area contributed by atoms with Crippen molar-refractivity contribution < 1.29 is 17.9 Å². The summed E-state index contributed by atoms with van der Waals surface area (Å²) in [5.74, 6) is -0.501. The number of rotatable bonds is 6. The van der Waals surface area contributed by atoms with E-state index in [0.717, 1.165) is 24.1 Å². The van der Waals surface area contributed by atoms with E-state index in [1.807, 2.05) is 36.4 Å². The van der Waals surface area contributed by atoms with Gasteiger partial charge in [0.1, 0.15) is 6.07 Å². The number of piperidine rings is 1. The molecule has 0 amide bonds. The average Bonchev–Trinajstić information content (AvgIpc) is 3.36. The third kappa shape index (κ3) is 4.76. The molecule has 5 rings (SSSR count). The Morgan fingerprint density at radius 1 is 0.914 bits per heavy atom. The highest BCUT2D eigenvalue weighted by atomic mass is 32.2. The highest BCUT2D eigenvalue weighted by Gasteiger charge is 2.40. The predicted molar refractivity (Wildman–Crippen MR) is 133 cm³/mol. The van der Waals surface area contributed by atoms with Crippen LogP contribution in [0.2, 0.25) is 0 Å². The highest BCUT2D eigenvalue weighted by Crippen LogP contribution is 2.36. The molecule has 7 nitrogen and oxygen atoms in total. The van der Waals surface area contributed by atoms with Crippen LogP contribution in [0.3, 0.4) is 0 Å². The summed E-state index contributed by atoms with van der Waals surface area (Å²) in [5, 5.41) is 9.98. The third-order valence-corrected chi connectivity index (χ3v) is 8.36. The maximum Gasteiger partial charge on any atom is 0.264 e. The largest absolute Gasteiger partial charge is 0.370 e. The van der Waals surface area contributed by atoms with E-state index in [9.17, 15) is 13.7 Å². The minimum atomic E-state index is -3.85. The second kappa shape index (κ2) is 9.70. The van der Waals surface area contributed by atoms with Crippen molar-refractivity contribution >= 4 is 21.4 Å². The molecular formula is C27H27N3O4S. The summed E-state index contributed by atoms with van der Waals surface area (Å²) >= 11 is 0. The van der Waals surface area contributed by atoms with Gasteiger partial charge in [-0.1, -0.05) is 48.5 Å². The molecule has 3 aromatic carbocycles. The van der Waals surface area contributed by atoms with E-state index in [4.69, 9.17) is 9.47 Å². The van der Waals surface area contributed by atoms with E-state index in [0.29, 0.717) is 37.6 Å². The Morgan fingerprint density at radius 3 is 2.17 bits per heavy atom. The minimum absolute atomic E-state index is 0.156. The number of hydrogen-bond donors (Lipinski definition) is 0. The number of anilines is 2. The first-order valence-electron chi connectivity index (χ1n) is 11.7. The van der Waals surface area contributed by atoms with Crippen molar-refractivity contribution in [1.82, 2.24) is 0 Å². The Morgan fingerprint density at radius 2 is 1.54 bits per heavy atom. The Hall–Kier alpha value is -3.38. The van der Waals surface area contributed by atoms with Crippen LogP contribution < -0.4 is 9.21 Å².